The predicted molar refractivity (Wildman–Crippen MR) is 99.2 cm³/mol. The molecule has 0 unspecified atom stereocenters. The van der Waals surface area contributed by atoms with Crippen molar-refractivity contribution in [2.75, 3.05) is 24.5 Å². The van der Waals surface area contributed by atoms with Crippen LogP contribution in [-0.2, 0) is 14.3 Å². The topological polar surface area (TPSA) is 87.7 Å². The van der Waals surface area contributed by atoms with E-state index in [0.717, 1.165) is 0 Å². The lowest BCUT2D eigenvalue weighted by Crippen LogP contribution is -2.40. The number of amides is 3. The summed E-state index contributed by atoms with van der Waals surface area (Å²) < 4.78 is 5.11. The van der Waals surface area contributed by atoms with E-state index < -0.39 is 17.6 Å². The third-order valence-electron chi connectivity index (χ3n) is 3.71. The molecule has 0 radical (unpaired) electrons. The summed E-state index contributed by atoms with van der Waals surface area (Å²) in [4.78, 5) is 37.5. The van der Waals surface area contributed by atoms with Crippen molar-refractivity contribution in [3.8, 4) is 0 Å². The standard InChI is InChI=1S/C18H24ClN3O4/c1-18(2,3)26-17(25)21-8-7-20-16(24)12-9-15(23)22(11-12)14-6-4-5-13(19)10-14/h4-6,10,12H,7-9,11H2,1-3H3,(H,20,24)(H,21,25)/t12-/m0/s1. The van der Waals surface area contributed by atoms with Gasteiger partial charge in [0.2, 0.25) is 11.8 Å². The van der Waals surface area contributed by atoms with E-state index in [9.17, 15) is 14.4 Å². The molecular weight excluding hydrogens is 358 g/mol. The summed E-state index contributed by atoms with van der Waals surface area (Å²) in [7, 11) is 0. The van der Waals surface area contributed by atoms with Crippen molar-refractivity contribution in [3.05, 3.63) is 29.3 Å². The first kappa shape index (κ1) is 20.0. The van der Waals surface area contributed by atoms with Gasteiger partial charge in [-0.3, -0.25) is 9.59 Å². The number of anilines is 1. The number of rotatable bonds is 5. The molecule has 1 aromatic carbocycles. The van der Waals surface area contributed by atoms with Gasteiger partial charge in [-0.15, -0.1) is 0 Å². The van der Waals surface area contributed by atoms with Gasteiger partial charge in [0.15, 0.2) is 0 Å². The molecule has 2 rings (SSSR count). The molecule has 8 heteroatoms. The quantitative estimate of drug-likeness (QED) is 0.766. The van der Waals surface area contributed by atoms with E-state index in [0.29, 0.717) is 17.3 Å². The van der Waals surface area contributed by atoms with Crippen molar-refractivity contribution in [3.63, 3.8) is 0 Å². The van der Waals surface area contributed by atoms with Crippen LogP contribution in [0.4, 0.5) is 10.5 Å². The monoisotopic (exact) mass is 381 g/mol. The van der Waals surface area contributed by atoms with Crippen LogP contribution >= 0.6 is 11.6 Å². The largest absolute Gasteiger partial charge is 0.444 e. The van der Waals surface area contributed by atoms with Crippen LogP contribution < -0.4 is 15.5 Å². The number of hydrogen-bond acceptors (Lipinski definition) is 4. The van der Waals surface area contributed by atoms with Crippen molar-refractivity contribution >= 4 is 35.2 Å². The highest BCUT2D eigenvalue weighted by Gasteiger charge is 2.35. The number of carbonyl (C=O) groups is 3. The Bertz CT molecular complexity index is 687. The van der Waals surface area contributed by atoms with Crippen molar-refractivity contribution in [1.82, 2.24) is 10.6 Å². The maximum atomic E-state index is 12.2. The van der Waals surface area contributed by atoms with Crippen molar-refractivity contribution in [2.24, 2.45) is 5.92 Å². The van der Waals surface area contributed by atoms with Crippen LogP contribution in [0.15, 0.2) is 24.3 Å². The number of halogens is 1. The number of nitrogens with zero attached hydrogens (tertiary/aromatic N) is 1. The number of carbonyl (C=O) groups excluding carboxylic acids is 3. The summed E-state index contributed by atoms with van der Waals surface area (Å²) >= 11 is 5.96. The van der Waals surface area contributed by atoms with Crippen LogP contribution in [-0.4, -0.2) is 43.1 Å². The van der Waals surface area contributed by atoms with Gasteiger partial charge in [0.1, 0.15) is 5.60 Å². The summed E-state index contributed by atoms with van der Waals surface area (Å²) in [6, 6.07) is 6.98. The van der Waals surface area contributed by atoms with Gasteiger partial charge < -0.3 is 20.3 Å². The lowest BCUT2D eigenvalue weighted by molar-refractivity contribution is -0.126. The molecule has 1 fully saturated rings. The molecule has 0 saturated carbocycles. The molecule has 1 saturated heterocycles. The van der Waals surface area contributed by atoms with Gasteiger partial charge >= 0.3 is 6.09 Å². The fraction of sp³-hybridized carbons (Fsp3) is 0.500. The highest BCUT2D eigenvalue weighted by Crippen LogP contribution is 2.27. The zero-order chi connectivity index (χ0) is 19.3. The Morgan fingerprint density at radius 1 is 1.27 bits per heavy atom. The third kappa shape index (κ3) is 5.91. The average Bonchev–Trinajstić information content (AvgIpc) is 2.91. The molecule has 1 atom stereocenters. The molecule has 2 N–H and O–H groups in total. The molecule has 1 aliphatic heterocycles. The average molecular weight is 382 g/mol. The van der Waals surface area contributed by atoms with Gasteiger partial charge in [0.05, 0.1) is 5.92 Å². The Kier molecular flexibility index (Phi) is 6.47. The fourth-order valence-electron chi connectivity index (χ4n) is 2.59. The van der Waals surface area contributed by atoms with Crippen LogP contribution in [0.1, 0.15) is 27.2 Å². The minimum atomic E-state index is -0.568. The van der Waals surface area contributed by atoms with Crippen LogP contribution in [0.3, 0.4) is 0 Å². The molecule has 0 aliphatic carbocycles. The van der Waals surface area contributed by atoms with E-state index >= 15 is 0 Å². The first-order valence-corrected chi connectivity index (χ1v) is 8.84. The zero-order valence-electron chi connectivity index (χ0n) is 15.2. The van der Waals surface area contributed by atoms with Gasteiger partial charge in [-0.2, -0.15) is 0 Å². The van der Waals surface area contributed by atoms with E-state index in [4.69, 9.17) is 16.3 Å². The SMILES string of the molecule is CC(C)(C)OC(=O)NCCNC(=O)[C@H]1CC(=O)N(c2cccc(Cl)c2)C1. The second kappa shape index (κ2) is 8.40. The summed E-state index contributed by atoms with van der Waals surface area (Å²) in [5.41, 5.74) is 0.117. The number of hydrogen-bond donors (Lipinski definition) is 2. The normalized spacial score (nSPS) is 17.2. The maximum Gasteiger partial charge on any atom is 0.407 e. The lowest BCUT2D eigenvalue weighted by Gasteiger charge is -2.20. The zero-order valence-corrected chi connectivity index (χ0v) is 15.9. The summed E-state index contributed by atoms with van der Waals surface area (Å²) in [6.45, 7) is 6.15. The number of benzene rings is 1. The number of nitrogens with one attached hydrogen (secondary N) is 2. The van der Waals surface area contributed by atoms with Crippen LogP contribution in [0, 0.1) is 5.92 Å². The van der Waals surface area contributed by atoms with Gasteiger partial charge in [0.25, 0.3) is 0 Å². The molecule has 3 amide bonds. The van der Waals surface area contributed by atoms with Gasteiger partial charge in [-0.05, 0) is 39.0 Å². The Balaban J connectivity index is 1.77. The van der Waals surface area contributed by atoms with E-state index in [2.05, 4.69) is 10.6 Å². The molecule has 0 spiro atoms. The second-order valence-corrected chi connectivity index (χ2v) is 7.54. The van der Waals surface area contributed by atoms with E-state index in [-0.39, 0.29) is 31.3 Å². The smallest absolute Gasteiger partial charge is 0.407 e. The first-order valence-electron chi connectivity index (χ1n) is 8.46. The van der Waals surface area contributed by atoms with Gasteiger partial charge in [-0.1, -0.05) is 17.7 Å². The van der Waals surface area contributed by atoms with Crippen LogP contribution in [0.25, 0.3) is 0 Å². The summed E-state index contributed by atoms with van der Waals surface area (Å²) in [5.74, 6) is -0.754. The van der Waals surface area contributed by atoms with Crippen molar-refractivity contribution in [1.29, 1.82) is 0 Å². The molecule has 0 aromatic heterocycles. The molecule has 7 nitrogen and oxygen atoms in total. The van der Waals surface area contributed by atoms with Gasteiger partial charge in [0, 0.05) is 36.8 Å². The van der Waals surface area contributed by atoms with Crippen LogP contribution in [0.2, 0.25) is 5.02 Å². The Morgan fingerprint density at radius 3 is 2.62 bits per heavy atom. The van der Waals surface area contributed by atoms with Crippen molar-refractivity contribution in [2.45, 2.75) is 32.8 Å². The molecule has 26 heavy (non-hydrogen) atoms. The van der Waals surface area contributed by atoms with Crippen molar-refractivity contribution < 1.29 is 19.1 Å². The summed E-state index contributed by atoms with van der Waals surface area (Å²) in [6.07, 6.45) is -0.382. The Labute approximate surface area is 158 Å². The van der Waals surface area contributed by atoms with E-state index in [1.807, 2.05) is 0 Å². The fourth-order valence-corrected chi connectivity index (χ4v) is 2.77. The molecule has 1 aromatic rings. The predicted octanol–water partition coefficient (Wildman–Crippen LogP) is 2.33. The van der Waals surface area contributed by atoms with Gasteiger partial charge in [-0.25, -0.2) is 4.79 Å². The van der Waals surface area contributed by atoms with Crippen LogP contribution in [0.5, 0.6) is 0 Å². The second-order valence-electron chi connectivity index (χ2n) is 7.10. The summed E-state index contributed by atoms with van der Waals surface area (Å²) in [5, 5.41) is 5.84. The van der Waals surface area contributed by atoms with E-state index in [1.165, 1.54) is 0 Å². The first-order chi connectivity index (χ1) is 12.2. The highest BCUT2D eigenvalue weighted by molar-refractivity contribution is 6.31. The third-order valence-corrected chi connectivity index (χ3v) is 3.94. The molecule has 142 valence electrons. The number of ether oxygens (including phenoxy) is 1. The minimum absolute atomic E-state index is 0.112. The highest BCUT2D eigenvalue weighted by atomic mass is 35.5. The Hall–Kier alpha value is -2.28. The molecular formula is C18H24ClN3O4. The lowest BCUT2D eigenvalue weighted by atomic mass is 10.1. The molecule has 1 heterocycles. The Morgan fingerprint density at radius 2 is 1.96 bits per heavy atom. The minimum Gasteiger partial charge on any atom is -0.444 e. The molecule has 0 bridgehead atoms. The number of alkyl carbamates (subject to hydrolysis) is 1. The molecule has 1 aliphatic rings. The maximum absolute atomic E-state index is 12.2. The van der Waals surface area contributed by atoms with E-state index in [1.54, 1.807) is 49.9 Å².